The molecule has 4 heteroatoms. The maximum absolute atomic E-state index is 15.2. The highest BCUT2D eigenvalue weighted by Crippen LogP contribution is 2.52. The molecule has 0 unspecified atom stereocenters. The van der Waals surface area contributed by atoms with E-state index >= 15 is 4.39 Å². The zero-order valence-electron chi connectivity index (χ0n) is 16.7. The van der Waals surface area contributed by atoms with Crippen LogP contribution in [0.25, 0.3) is 0 Å². The standard InChI is InChI=1S/C25H28FNO2/c26-23-14-19(4-8-24(23)27-11-9-16(15-28)10-12-27)25-21(17-1-2-17)6-3-18-13-20(29)5-7-22(18)25/h4-5,7-8,13-17,21,25,29H,1-3,6,9-12H2/t21-,25+/m1/s1. The Morgan fingerprint density at radius 2 is 1.79 bits per heavy atom. The molecule has 2 aromatic rings. The molecule has 1 saturated heterocycles. The summed E-state index contributed by atoms with van der Waals surface area (Å²) in [6.45, 7) is 1.46. The number of rotatable bonds is 4. The maximum Gasteiger partial charge on any atom is 0.146 e. The number of phenols is 1. The van der Waals surface area contributed by atoms with Crippen LogP contribution >= 0.6 is 0 Å². The first-order chi connectivity index (χ1) is 14.1. The first-order valence-electron chi connectivity index (χ1n) is 11.0. The number of phenolic OH excluding ortho intramolecular Hbond substituents is 1. The number of piperidine rings is 1. The summed E-state index contributed by atoms with van der Waals surface area (Å²) in [6.07, 6.45) is 7.29. The maximum atomic E-state index is 15.2. The highest BCUT2D eigenvalue weighted by molar-refractivity contribution is 5.56. The summed E-state index contributed by atoms with van der Waals surface area (Å²) in [6, 6.07) is 11.5. The van der Waals surface area contributed by atoms with Gasteiger partial charge in [0.05, 0.1) is 5.69 Å². The van der Waals surface area contributed by atoms with Crippen molar-refractivity contribution in [3.8, 4) is 5.75 Å². The Kier molecular flexibility index (Phi) is 4.81. The second-order valence-corrected chi connectivity index (χ2v) is 9.07. The lowest BCUT2D eigenvalue weighted by atomic mass is 9.70. The molecule has 1 aliphatic heterocycles. The molecule has 2 aliphatic carbocycles. The van der Waals surface area contributed by atoms with Gasteiger partial charge in [0.1, 0.15) is 17.9 Å². The zero-order valence-corrected chi connectivity index (χ0v) is 16.7. The number of aryl methyl sites for hydroxylation is 1. The Bertz CT molecular complexity index is 915. The molecular formula is C25H28FNO2. The van der Waals surface area contributed by atoms with Crippen molar-refractivity contribution in [2.24, 2.45) is 17.8 Å². The van der Waals surface area contributed by atoms with Gasteiger partial charge in [-0.15, -0.1) is 0 Å². The fraction of sp³-hybridized carbons (Fsp3) is 0.480. The quantitative estimate of drug-likeness (QED) is 0.739. The van der Waals surface area contributed by atoms with Crippen LogP contribution in [0.3, 0.4) is 0 Å². The second-order valence-electron chi connectivity index (χ2n) is 9.07. The Hall–Kier alpha value is -2.36. The Balaban J connectivity index is 1.46. The molecule has 0 amide bonds. The summed E-state index contributed by atoms with van der Waals surface area (Å²) >= 11 is 0. The molecule has 0 spiro atoms. The SMILES string of the molecule is O=CC1CCN(c2ccc([C@@H]3c4ccc(O)cc4CC[C@@H]3C3CC3)cc2F)CC1. The molecule has 5 rings (SSSR count). The summed E-state index contributed by atoms with van der Waals surface area (Å²) in [7, 11) is 0. The van der Waals surface area contributed by atoms with Gasteiger partial charge in [0.15, 0.2) is 0 Å². The van der Waals surface area contributed by atoms with Crippen LogP contribution in [0.2, 0.25) is 0 Å². The molecule has 152 valence electrons. The average Bonchev–Trinajstić information content (AvgIpc) is 3.58. The van der Waals surface area contributed by atoms with Gasteiger partial charge < -0.3 is 14.8 Å². The summed E-state index contributed by atoms with van der Waals surface area (Å²) in [5.74, 6) is 1.77. The lowest BCUT2D eigenvalue weighted by Gasteiger charge is -2.35. The first-order valence-corrected chi connectivity index (χ1v) is 11.0. The lowest BCUT2D eigenvalue weighted by Crippen LogP contribution is -2.34. The van der Waals surface area contributed by atoms with E-state index in [1.165, 1.54) is 24.0 Å². The van der Waals surface area contributed by atoms with Gasteiger partial charge in [-0.1, -0.05) is 12.1 Å². The van der Waals surface area contributed by atoms with E-state index in [0.717, 1.165) is 56.5 Å². The molecule has 1 N–H and O–H groups in total. The van der Waals surface area contributed by atoms with Crippen LogP contribution in [0.15, 0.2) is 36.4 Å². The number of fused-ring (bicyclic) bond motifs is 1. The molecule has 2 fully saturated rings. The summed E-state index contributed by atoms with van der Waals surface area (Å²) in [5, 5.41) is 9.91. The zero-order chi connectivity index (χ0) is 20.0. The minimum absolute atomic E-state index is 0.114. The van der Waals surface area contributed by atoms with Gasteiger partial charge >= 0.3 is 0 Å². The predicted molar refractivity (Wildman–Crippen MR) is 112 cm³/mol. The van der Waals surface area contributed by atoms with Crippen LogP contribution in [0, 0.1) is 23.6 Å². The van der Waals surface area contributed by atoms with Crippen molar-refractivity contribution in [2.75, 3.05) is 18.0 Å². The van der Waals surface area contributed by atoms with Crippen LogP contribution in [0.4, 0.5) is 10.1 Å². The number of anilines is 1. The van der Waals surface area contributed by atoms with E-state index in [0.29, 0.717) is 17.4 Å². The average molecular weight is 394 g/mol. The largest absolute Gasteiger partial charge is 0.508 e. The van der Waals surface area contributed by atoms with Gasteiger partial charge in [0, 0.05) is 24.9 Å². The Labute approximate surface area is 171 Å². The normalized spacial score (nSPS) is 24.9. The van der Waals surface area contributed by atoms with E-state index in [4.69, 9.17) is 0 Å². The van der Waals surface area contributed by atoms with E-state index in [1.807, 2.05) is 18.2 Å². The number of nitrogens with zero attached hydrogens (tertiary/aromatic N) is 1. The van der Waals surface area contributed by atoms with E-state index in [-0.39, 0.29) is 17.7 Å². The van der Waals surface area contributed by atoms with Crippen LogP contribution in [0.1, 0.15) is 54.7 Å². The van der Waals surface area contributed by atoms with Gasteiger partial charge in [0.2, 0.25) is 0 Å². The van der Waals surface area contributed by atoms with Crippen molar-refractivity contribution in [3.05, 3.63) is 58.9 Å². The summed E-state index contributed by atoms with van der Waals surface area (Å²) in [5.41, 5.74) is 4.16. The van der Waals surface area contributed by atoms with Crippen LogP contribution < -0.4 is 4.90 Å². The smallest absolute Gasteiger partial charge is 0.146 e. The third-order valence-corrected chi connectivity index (χ3v) is 7.27. The monoisotopic (exact) mass is 393 g/mol. The lowest BCUT2D eigenvalue weighted by molar-refractivity contribution is -0.111. The predicted octanol–water partition coefficient (Wildman–Crippen LogP) is 5.05. The third-order valence-electron chi connectivity index (χ3n) is 7.27. The number of carbonyl (C=O) groups excluding carboxylic acids is 1. The van der Waals surface area contributed by atoms with E-state index in [1.54, 1.807) is 12.1 Å². The van der Waals surface area contributed by atoms with Crippen molar-refractivity contribution >= 4 is 12.0 Å². The molecule has 2 aromatic carbocycles. The Morgan fingerprint density at radius 1 is 1.00 bits per heavy atom. The van der Waals surface area contributed by atoms with Crippen LogP contribution in [-0.4, -0.2) is 24.5 Å². The number of halogens is 1. The van der Waals surface area contributed by atoms with Crippen LogP contribution in [0.5, 0.6) is 5.75 Å². The Morgan fingerprint density at radius 3 is 2.48 bits per heavy atom. The number of aldehydes is 1. The van der Waals surface area contributed by atoms with Crippen molar-refractivity contribution in [1.29, 1.82) is 0 Å². The first kappa shape index (κ1) is 18.7. The highest BCUT2D eigenvalue weighted by atomic mass is 19.1. The molecule has 0 bridgehead atoms. The molecule has 29 heavy (non-hydrogen) atoms. The highest BCUT2D eigenvalue weighted by Gasteiger charge is 2.40. The fourth-order valence-corrected chi connectivity index (χ4v) is 5.54. The van der Waals surface area contributed by atoms with Gasteiger partial charge in [-0.2, -0.15) is 0 Å². The number of hydrogen-bond donors (Lipinski definition) is 1. The topological polar surface area (TPSA) is 40.5 Å². The minimum Gasteiger partial charge on any atom is -0.508 e. The molecule has 3 nitrogen and oxygen atoms in total. The molecular weight excluding hydrogens is 365 g/mol. The van der Waals surface area contributed by atoms with Gasteiger partial charge in [-0.3, -0.25) is 0 Å². The van der Waals surface area contributed by atoms with Crippen molar-refractivity contribution < 1.29 is 14.3 Å². The van der Waals surface area contributed by atoms with E-state index in [9.17, 15) is 9.90 Å². The number of carbonyl (C=O) groups is 1. The van der Waals surface area contributed by atoms with Gasteiger partial charge in [-0.25, -0.2) is 4.39 Å². The van der Waals surface area contributed by atoms with Gasteiger partial charge in [0.25, 0.3) is 0 Å². The summed E-state index contributed by atoms with van der Waals surface area (Å²) in [4.78, 5) is 13.1. The van der Waals surface area contributed by atoms with E-state index in [2.05, 4.69) is 11.0 Å². The van der Waals surface area contributed by atoms with Crippen molar-refractivity contribution in [2.45, 2.75) is 44.4 Å². The second kappa shape index (κ2) is 7.47. The van der Waals surface area contributed by atoms with E-state index < -0.39 is 0 Å². The number of hydrogen-bond acceptors (Lipinski definition) is 3. The fourth-order valence-electron chi connectivity index (χ4n) is 5.54. The summed E-state index contributed by atoms with van der Waals surface area (Å²) < 4.78 is 15.2. The van der Waals surface area contributed by atoms with Crippen molar-refractivity contribution in [3.63, 3.8) is 0 Å². The molecule has 2 atom stereocenters. The number of aromatic hydroxyl groups is 1. The molecule has 3 aliphatic rings. The molecule has 0 aromatic heterocycles. The molecule has 0 radical (unpaired) electrons. The third kappa shape index (κ3) is 3.54. The van der Waals surface area contributed by atoms with Gasteiger partial charge in [-0.05, 0) is 91.3 Å². The minimum atomic E-state index is -0.160. The number of benzene rings is 2. The van der Waals surface area contributed by atoms with Crippen molar-refractivity contribution in [1.82, 2.24) is 0 Å². The molecule has 1 heterocycles. The molecule has 1 saturated carbocycles. The van der Waals surface area contributed by atoms with Crippen LogP contribution in [-0.2, 0) is 11.2 Å².